The number of benzene rings is 1. The topological polar surface area (TPSA) is 47.9 Å². The lowest BCUT2D eigenvalue weighted by Gasteiger charge is -2.05. The highest BCUT2D eigenvalue weighted by atomic mass is 16.6. The van der Waals surface area contributed by atoms with Crippen molar-refractivity contribution in [3.63, 3.8) is 0 Å². The molecule has 102 valence electrons. The van der Waals surface area contributed by atoms with Crippen molar-refractivity contribution in [3.8, 4) is 5.75 Å². The van der Waals surface area contributed by atoms with E-state index in [1.165, 1.54) is 7.11 Å². The molecule has 0 unspecified atom stereocenters. The summed E-state index contributed by atoms with van der Waals surface area (Å²) in [4.78, 5) is 16.5. The number of carbonyl (C=O) groups excluding carboxylic acids is 1. The molecule has 0 spiro atoms. The van der Waals surface area contributed by atoms with Crippen molar-refractivity contribution < 1.29 is 14.4 Å². The van der Waals surface area contributed by atoms with Gasteiger partial charge in [-0.25, -0.2) is 0 Å². The molecule has 0 atom stereocenters. The third kappa shape index (κ3) is 6.41. The van der Waals surface area contributed by atoms with E-state index in [1.54, 1.807) is 0 Å². The molecule has 0 heterocycles. The summed E-state index contributed by atoms with van der Waals surface area (Å²) in [6.07, 6.45) is 4.19. The largest absolute Gasteiger partial charge is 0.469 e. The van der Waals surface area contributed by atoms with Crippen LogP contribution >= 0.6 is 0 Å². The molecule has 0 amide bonds. The molecule has 0 aliphatic rings. The van der Waals surface area contributed by atoms with Crippen molar-refractivity contribution in [2.45, 2.75) is 25.7 Å². The third-order valence-electron chi connectivity index (χ3n) is 2.51. The Morgan fingerprint density at radius 1 is 1.26 bits per heavy atom. The minimum atomic E-state index is -0.244. The zero-order valence-corrected chi connectivity index (χ0v) is 11.2. The van der Waals surface area contributed by atoms with Gasteiger partial charge in [0.05, 0.1) is 19.2 Å². The lowest BCUT2D eigenvalue weighted by Crippen LogP contribution is -2.07. The first kappa shape index (κ1) is 15.0. The van der Waals surface area contributed by atoms with E-state index in [0.717, 1.165) is 18.6 Å². The van der Waals surface area contributed by atoms with E-state index in [0.29, 0.717) is 18.6 Å². The number of esters is 1. The third-order valence-corrected chi connectivity index (χ3v) is 2.51. The van der Waals surface area contributed by atoms with Crippen molar-refractivity contribution >= 4 is 11.7 Å². The Bertz CT molecular complexity index is 426. The Kier molecular flexibility index (Phi) is 7.02. The minimum Gasteiger partial charge on any atom is -0.469 e. The monoisotopic (exact) mass is 261 g/mol. The number of rotatable bonds is 8. The SMILES string of the molecule is C=CCC/C(CCC(=O)OC)=N\Oc1ccccc1. The van der Waals surface area contributed by atoms with E-state index >= 15 is 0 Å². The van der Waals surface area contributed by atoms with Gasteiger partial charge in [0, 0.05) is 0 Å². The second-order valence-electron chi connectivity index (χ2n) is 3.97. The number of hydrogen-bond acceptors (Lipinski definition) is 4. The summed E-state index contributed by atoms with van der Waals surface area (Å²) in [5, 5.41) is 4.10. The van der Waals surface area contributed by atoms with Crippen LogP contribution in [0.15, 0.2) is 48.1 Å². The summed E-state index contributed by atoms with van der Waals surface area (Å²) >= 11 is 0. The number of allylic oxidation sites excluding steroid dienone is 1. The van der Waals surface area contributed by atoms with E-state index in [2.05, 4.69) is 16.5 Å². The molecular weight excluding hydrogens is 242 g/mol. The normalized spacial score (nSPS) is 10.9. The van der Waals surface area contributed by atoms with Crippen LogP contribution in [0.3, 0.4) is 0 Å². The van der Waals surface area contributed by atoms with E-state index in [9.17, 15) is 4.79 Å². The van der Waals surface area contributed by atoms with Gasteiger partial charge in [0.25, 0.3) is 0 Å². The molecule has 0 N–H and O–H groups in total. The van der Waals surface area contributed by atoms with Crippen molar-refractivity contribution in [3.05, 3.63) is 43.0 Å². The zero-order valence-electron chi connectivity index (χ0n) is 11.2. The van der Waals surface area contributed by atoms with Crippen LogP contribution in [-0.4, -0.2) is 18.8 Å². The standard InChI is InChI=1S/C15H19NO3/c1-3-4-8-13(11-12-15(17)18-2)16-19-14-9-6-5-7-10-14/h3,5-7,9-10H,1,4,8,11-12H2,2H3/b16-13+. The smallest absolute Gasteiger partial charge is 0.305 e. The predicted molar refractivity (Wildman–Crippen MR) is 75.2 cm³/mol. The van der Waals surface area contributed by atoms with Gasteiger partial charge in [-0.05, 0) is 31.4 Å². The summed E-state index contributed by atoms with van der Waals surface area (Å²) in [6, 6.07) is 9.32. The maximum atomic E-state index is 11.1. The van der Waals surface area contributed by atoms with Gasteiger partial charge in [0.1, 0.15) is 0 Å². The van der Waals surface area contributed by atoms with Gasteiger partial charge in [0.2, 0.25) is 0 Å². The molecule has 0 fully saturated rings. The quantitative estimate of drug-likeness (QED) is 0.312. The fourth-order valence-electron chi connectivity index (χ4n) is 1.43. The van der Waals surface area contributed by atoms with E-state index < -0.39 is 0 Å². The summed E-state index contributed by atoms with van der Waals surface area (Å²) < 4.78 is 4.61. The zero-order chi connectivity index (χ0) is 13.9. The van der Waals surface area contributed by atoms with Gasteiger partial charge >= 0.3 is 5.97 Å². The van der Waals surface area contributed by atoms with Crippen molar-refractivity contribution in [2.75, 3.05) is 7.11 Å². The van der Waals surface area contributed by atoms with Crippen molar-refractivity contribution in [1.82, 2.24) is 0 Å². The first-order valence-electron chi connectivity index (χ1n) is 6.21. The highest BCUT2D eigenvalue weighted by Gasteiger charge is 2.06. The second-order valence-corrected chi connectivity index (χ2v) is 3.97. The van der Waals surface area contributed by atoms with Gasteiger partial charge in [-0.15, -0.1) is 6.58 Å². The van der Waals surface area contributed by atoms with Gasteiger partial charge in [0.15, 0.2) is 5.75 Å². The second kappa shape index (κ2) is 8.91. The molecule has 4 heteroatoms. The Hall–Kier alpha value is -2.10. The molecule has 0 aliphatic carbocycles. The van der Waals surface area contributed by atoms with Crippen LogP contribution in [0.1, 0.15) is 25.7 Å². The van der Waals surface area contributed by atoms with Crippen LogP contribution in [0.2, 0.25) is 0 Å². The Morgan fingerprint density at radius 3 is 2.63 bits per heavy atom. The highest BCUT2D eigenvalue weighted by Crippen LogP contribution is 2.10. The number of ether oxygens (including phenoxy) is 1. The van der Waals surface area contributed by atoms with Gasteiger partial charge in [-0.2, -0.15) is 0 Å². The Morgan fingerprint density at radius 2 is 2.00 bits per heavy atom. The molecule has 1 aromatic carbocycles. The molecule has 1 rings (SSSR count). The van der Waals surface area contributed by atoms with Crippen LogP contribution in [-0.2, 0) is 9.53 Å². The molecule has 0 saturated carbocycles. The van der Waals surface area contributed by atoms with E-state index in [-0.39, 0.29) is 5.97 Å². The summed E-state index contributed by atoms with van der Waals surface area (Å²) in [5.74, 6) is 0.433. The first-order valence-corrected chi connectivity index (χ1v) is 6.21. The molecule has 1 aromatic rings. The van der Waals surface area contributed by atoms with Crippen LogP contribution in [0.5, 0.6) is 5.75 Å². The van der Waals surface area contributed by atoms with Gasteiger partial charge in [-0.1, -0.05) is 29.4 Å². The summed E-state index contributed by atoms with van der Waals surface area (Å²) in [5.41, 5.74) is 0.828. The highest BCUT2D eigenvalue weighted by molar-refractivity contribution is 5.87. The molecular formula is C15H19NO3. The number of oxime groups is 1. The Balaban J connectivity index is 2.56. The molecule has 4 nitrogen and oxygen atoms in total. The first-order chi connectivity index (χ1) is 9.26. The number of para-hydroxylation sites is 1. The lowest BCUT2D eigenvalue weighted by molar-refractivity contribution is -0.140. The predicted octanol–water partition coefficient (Wildman–Crippen LogP) is 3.34. The number of nitrogens with zero attached hydrogens (tertiary/aromatic N) is 1. The van der Waals surface area contributed by atoms with E-state index in [1.807, 2.05) is 36.4 Å². The Labute approximate surface area is 113 Å². The minimum absolute atomic E-state index is 0.244. The maximum Gasteiger partial charge on any atom is 0.305 e. The van der Waals surface area contributed by atoms with Crippen LogP contribution in [0, 0.1) is 0 Å². The molecule has 19 heavy (non-hydrogen) atoms. The summed E-state index contributed by atoms with van der Waals surface area (Å²) in [6.45, 7) is 3.67. The van der Waals surface area contributed by atoms with Gasteiger partial charge in [-0.3, -0.25) is 4.79 Å². The van der Waals surface area contributed by atoms with Crippen LogP contribution < -0.4 is 4.84 Å². The number of methoxy groups -OCH3 is 1. The molecule has 0 aromatic heterocycles. The summed E-state index contributed by atoms with van der Waals surface area (Å²) in [7, 11) is 1.38. The molecule has 0 aliphatic heterocycles. The lowest BCUT2D eigenvalue weighted by atomic mass is 10.1. The van der Waals surface area contributed by atoms with Crippen molar-refractivity contribution in [2.24, 2.45) is 5.16 Å². The molecule has 0 radical (unpaired) electrons. The number of carbonyl (C=O) groups is 1. The fraction of sp³-hybridized carbons (Fsp3) is 0.333. The van der Waals surface area contributed by atoms with Crippen molar-refractivity contribution in [1.29, 1.82) is 0 Å². The average Bonchev–Trinajstić information content (AvgIpc) is 2.47. The van der Waals surface area contributed by atoms with Gasteiger partial charge < -0.3 is 9.57 Å². The number of hydrogen-bond donors (Lipinski definition) is 0. The van der Waals surface area contributed by atoms with Crippen LogP contribution in [0.25, 0.3) is 0 Å². The maximum absolute atomic E-state index is 11.1. The molecule has 0 saturated heterocycles. The molecule has 0 bridgehead atoms. The van der Waals surface area contributed by atoms with E-state index in [4.69, 9.17) is 4.84 Å². The fourth-order valence-corrected chi connectivity index (χ4v) is 1.43. The van der Waals surface area contributed by atoms with Crippen LogP contribution in [0.4, 0.5) is 0 Å². The average molecular weight is 261 g/mol.